The number of hydrogen-bond donors (Lipinski definition) is 0. The first-order valence-corrected chi connectivity index (χ1v) is 13.0. The van der Waals surface area contributed by atoms with Crippen molar-refractivity contribution in [2.24, 2.45) is 4.99 Å². The van der Waals surface area contributed by atoms with E-state index in [0.29, 0.717) is 30.0 Å². The fourth-order valence-electron chi connectivity index (χ4n) is 3.61. The smallest absolute Gasteiger partial charge is 0.279 e. The quantitative estimate of drug-likeness (QED) is 0.463. The van der Waals surface area contributed by atoms with Gasteiger partial charge in [0.05, 0.1) is 15.1 Å². The first-order valence-electron chi connectivity index (χ1n) is 9.99. The van der Waals surface area contributed by atoms with Crippen LogP contribution in [0.15, 0.2) is 69.5 Å². The third kappa shape index (κ3) is 4.59. The van der Waals surface area contributed by atoms with Crippen LogP contribution in [0.4, 0.5) is 0 Å². The molecule has 0 spiro atoms. The van der Waals surface area contributed by atoms with Gasteiger partial charge < -0.3 is 4.57 Å². The van der Waals surface area contributed by atoms with Gasteiger partial charge in [0.15, 0.2) is 4.80 Å². The molecular formula is C22H22BrN3O3S2. The lowest BCUT2D eigenvalue weighted by molar-refractivity contribution is 0.0998. The highest BCUT2D eigenvalue weighted by molar-refractivity contribution is 9.10. The third-order valence-electron chi connectivity index (χ3n) is 5.21. The van der Waals surface area contributed by atoms with Crippen molar-refractivity contribution in [3.63, 3.8) is 0 Å². The maximum atomic E-state index is 12.8. The molecule has 1 aromatic heterocycles. The van der Waals surface area contributed by atoms with Gasteiger partial charge in [-0.3, -0.25) is 4.79 Å². The SMILES string of the molecule is C=CCn1c(=NC(=O)c2ccc(S(=O)(=O)N3CCCCC3)cc2)sc2cc(Br)ccc21. The number of halogens is 1. The number of sulfonamides is 1. The van der Waals surface area contributed by atoms with Crippen LogP contribution in [0.1, 0.15) is 29.6 Å². The predicted molar refractivity (Wildman–Crippen MR) is 127 cm³/mol. The van der Waals surface area contributed by atoms with Crippen molar-refractivity contribution in [1.29, 1.82) is 0 Å². The van der Waals surface area contributed by atoms with Crippen LogP contribution >= 0.6 is 27.3 Å². The molecule has 31 heavy (non-hydrogen) atoms. The van der Waals surface area contributed by atoms with Gasteiger partial charge in [0.1, 0.15) is 0 Å². The summed E-state index contributed by atoms with van der Waals surface area (Å²) < 4.78 is 31.0. The molecule has 0 radical (unpaired) electrons. The van der Waals surface area contributed by atoms with Crippen molar-refractivity contribution in [2.75, 3.05) is 13.1 Å². The largest absolute Gasteiger partial charge is 0.312 e. The van der Waals surface area contributed by atoms with Gasteiger partial charge in [-0.15, -0.1) is 6.58 Å². The Morgan fingerprint density at radius 3 is 2.52 bits per heavy atom. The Kier molecular flexibility index (Phi) is 6.57. The van der Waals surface area contributed by atoms with Crippen molar-refractivity contribution in [3.8, 4) is 0 Å². The van der Waals surface area contributed by atoms with Crippen LogP contribution in [-0.2, 0) is 16.6 Å². The number of amides is 1. The number of hydrogen-bond acceptors (Lipinski definition) is 4. The molecule has 0 aliphatic carbocycles. The summed E-state index contributed by atoms with van der Waals surface area (Å²) in [6.07, 6.45) is 4.58. The average Bonchev–Trinajstić information content (AvgIpc) is 3.10. The highest BCUT2D eigenvalue weighted by atomic mass is 79.9. The number of carbonyl (C=O) groups excluding carboxylic acids is 1. The molecule has 2 aromatic carbocycles. The van der Waals surface area contributed by atoms with Gasteiger partial charge in [0.25, 0.3) is 5.91 Å². The molecule has 1 saturated heterocycles. The van der Waals surface area contributed by atoms with Gasteiger partial charge in [-0.05, 0) is 55.3 Å². The van der Waals surface area contributed by atoms with Gasteiger partial charge in [-0.25, -0.2) is 8.42 Å². The van der Waals surface area contributed by atoms with E-state index in [1.165, 1.54) is 39.9 Å². The normalized spacial score (nSPS) is 16.0. The minimum atomic E-state index is -3.53. The van der Waals surface area contributed by atoms with Crippen LogP contribution in [0.5, 0.6) is 0 Å². The number of rotatable bonds is 5. The number of fused-ring (bicyclic) bond motifs is 1. The summed E-state index contributed by atoms with van der Waals surface area (Å²) in [5.41, 5.74) is 1.32. The summed E-state index contributed by atoms with van der Waals surface area (Å²) in [6, 6.07) is 12.0. The van der Waals surface area contributed by atoms with Crippen LogP contribution in [0.2, 0.25) is 0 Å². The highest BCUT2D eigenvalue weighted by Crippen LogP contribution is 2.23. The van der Waals surface area contributed by atoms with Gasteiger partial charge in [0, 0.05) is 29.7 Å². The third-order valence-corrected chi connectivity index (χ3v) is 8.66. The van der Waals surface area contributed by atoms with Gasteiger partial charge in [-0.1, -0.05) is 39.8 Å². The van der Waals surface area contributed by atoms with Crippen molar-refractivity contribution < 1.29 is 13.2 Å². The van der Waals surface area contributed by atoms with E-state index in [4.69, 9.17) is 0 Å². The van der Waals surface area contributed by atoms with E-state index in [1.54, 1.807) is 6.08 Å². The number of allylic oxidation sites excluding steroid dienone is 1. The second-order valence-corrected chi connectivity index (χ2v) is 11.2. The van der Waals surface area contributed by atoms with Gasteiger partial charge in [0.2, 0.25) is 10.0 Å². The molecule has 9 heteroatoms. The van der Waals surface area contributed by atoms with Crippen LogP contribution in [0.3, 0.4) is 0 Å². The monoisotopic (exact) mass is 519 g/mol. The van der Waals surface area contributed by atoms with E-state index < -0.39 is 15.9 Å². The summed E-state index contributed by atoms with van der Waals surface area (Å²) >= 11 is 4.89. The van der Waals surface area contributed by atoms with E-state index in [1.807, 2.05) is 22.8 Å². The molecule has 0 bridgehead atoms. The molecule has 6 nitrogen and oxygen atoms in total. The maximum Gasteiger partial charge on any atom is 0.279 e. The number of benzene rings is 2. The first-order chi connectivity index (χ1) is 14.9. The molecule has 1 aliphatic rings. The second kappa shape index (κ2) is 9.20. The van der Waals surface area contributed by atoms with E-state index in [0.717, 1.165) is 34.0 Å². The number of piperidine rings is 1. The molecule has 3 aromatic rings. The second-order valence-electron chi connectivity index (χ2n) is 7.30. The zero-order valence-electron chi connectivity index (χ0n) is 16.8. The van der Waals surface area contributed by atoms with E-state index in [-0.39, 0.29) is 4.90 Å². The summed E-state index contributed by atoms with van der Waals surface area (Å²) in [4.78, 5) is 17.9. The molecule has 1 aliphatic heterocycles. The Labute approximate surface area is 193 Å². The van der Waals surface area contributed by atoms with Crippen LogP contribution < -0.4 is 4.80 Å². The molecule has 162 valence electrons. The fourth-order valence-corrected chi connectivity index (χ4v) is 6.72. The number of aromatic nitrogens is 1. The summed E-state index contributed by atoms with van der Waals surface area (Å²) in [6.45, 7) is 5.42. The number of thiazole rings is 1. The van der Waals surface area contributed by atoms with Crippen molar-refractivity contribution in [1.82, 2.24) is 8.87 Å². The molecule has 0 saturated carbocycles. The Balaban J connectivity index is 1.65. The van der Waals surface area contributed by atoms with E-state index >= 15 is 0 Å². The summed E-state index contributed by atoms with van der Waals surface area (Å²) in [5, 5.41) is 0. The van der Waals surface area contributed by atoms with E-state index in [9.17, 15) is 13.2 Å². The maximum absolute atomic E-state index is 12.8. The number of carbonyl (C=O) groups is 1. The van der Waals surface area contributed by atoms with E-state index in [2.05, 4.69) is 27.5 Å². The number of nitrogens with zero attached hydrogens (tertiary/aromatic N) is 3. The summed E-state index contributed by atoms with van der Waals surface area (Å²) in [5.74, 6) is -0.412. The standard InChI is InChI=1S/C22H22BrN3O3S2/c1-2-12-26-19-11-8-17(23)15-20(19)30-22(26)24-21(27)16-6-9-18(10-7-16)31(28,29)25-13-4-3-5-14-25/h2,6-11,15H,1,3-5,12-14H2. The Morgan fingerprint density at radius 2 is 1.84 bits per heavy atom. The molecule has 1 amide bonds. The highest BCUT2D eigenvalue weighted by Gasteiger charge is 2.25. The van der Waals surface area contributed by atoms with Crippen molar-refractivity contribution >= 4 is 53.4 Å². The molecule has 2 heterocycles. The molecule has 0 unspecified atom stereocenters. The predicted octanol–water partition coefficient (Wildman–Crippen LogP) is 4.57. The lowest BCUT2D eigenvalue weighted by Crippen LogP contribution is -2.35. The molecule has 4 rings (SSSR count). The lowest BCUT2D eigenvalue weighted by Gasteiger charge is -2.25. The van der Waals surface area contributed by atoms with Gasteiger partial charge in [-0.2, -0.15) is 9.30 Å². The average molecular weight is 520 g/mol. The Bertz CT molecular complexity index is 1300. The Hall–Kier alpha value is -2.07. The zero-order chi connectivity index (χ0) is 22.0. The molecule has 0 atom stereocenters. The lowest BCUT2D eigenvalue weighted by atomic mass is 10.2. The fraction of sp³-hybridized carbons (Fsp3) is 0.273. The van der Waals surface area contributed by atoms with Gasteiger partial charge >= 0.3 is 0 Å². The van der Waals surface area contributed by atoms with Crippen molar-refractivity contribution in [3.05, 3.63) is 70.0 Å². The topological polar surface area (TPSA) is 71.7 Å². The summed E-state index contributed by atoms with van der Waals surface area (Å²) in [7, 11) is -3.53. The minimum absolute atomic E-state index is 0.208. The van der Waals surface area contributed by atoms with Crippen LogP contribution in [-0.4, -0.2) is 36.3 Å². The zero-order valence-corrected chi connectivity index (χ0v) is 20.0. The van der Waals surface area contributed by atoms with Crippen LogP contribution in [0, 0.1) is 0 Å². The Morgan fingerprint density at radius 1 is 1.13 bits per heavy atom. The van der Waals surface area contributed by atoms with Crippen molar-refractivity contribution in [2.45, 2.75) is 30.7 Å². The molecule has 1 fully saturated rings. The molecule has 0 N–H and O–H groups in total. The first kappa shape index (κ1) is 22.1. The minimum Gasteiger partial charge on any atom is -0.312 e. The van der Waals surface area contributed by atoms with Crippen LogP contribution in [0.25, 0.3) is 10.2 Å². The molecular weight excluding hydrogens is 498 g/mol.